The first-order valence-electron chi connectivity index (χ1n) is 3.85. The van der Waals surface area contributed by atoms with Gasteiger partial charge in [0, 0.05) is 12.7 Å². The SMILES string of the molecule is C=C(NC)[C@@H](O)c1ccccc1. The van der Waals surface area contributed by atoms with E-state index >= 15 is 0 Å². The molecule has 1 aromatic rings. The summed E-state index contributed by atoms with van der Waals surface area (Å²) in [6.45, 7) is 3.69. The van der Waals surface area contributed by atoms with Crippen molar-refractivity contribution in [2.24, 2.45) is 0 Å². The van der Waals surface area contributed by atoms with E-state index in [2.05, 4.69) is 11.9 Å². The first kappa shape index (κ1) is 8.81. The Morgan fingerprint density at radius 2 is 2.00 bits per heavy atom. The third kappa shape index (κ3) is 1.86. The fourth-order valence-corrected chi connectivity index (χ4v) is 0.973. The van der Waals surface area contributed by atoms with Crippen molar-refractivity contribution < 1.29 is 5.11 Å². The van der Waals surface area contributed by atoms with Gasteiger partial charge in [-0.05, 0) is 5.56 Å². The van der Waals surface area contributed by atoms with Crippen LogP contribution in [-0.2, 0) is 0 Å². The Bertz CT molecular complexity index is 256. The highest BCUT2D eigenvalue weighted by molar-refractivity contribution is 5.23. The van der Waals surface area contributed by atoms with Crippen LogP contribution in [0.4, 0.5) is 0 Å². The summed E-state index contributed by atoms with van der Waals surface area (Å²) in [6.07, 6.45) is -0.615. The van der Waals surface area contributed by atoms with Gasteiger partial charge in [0.1, 0.15) is 6.10 Å². The molecule has 0 bridgehead atoms. The molecule has 12 heavy (non-hydrogen) atoms. The highest BCUT2D eigenvalue weighted by atomic mass is 16.3. The van der Waals surface area contributed by atoms with Gasteiger partial charge in [0.25, 0.3) is 0 Å². The minimum Gasteiger partial charge on any atom is -0.389 e. The predicted octanol–water partition coefficient (Wildman–Crippen LogP) is 1.45. The molecule has 2 heteroatoms. The molecular weight excluding hydrogens is 150 g/mol. The molecule has 0 aromatic heterocycles. The van der Waals surface area contributed by atoms with Crippen molar-refractivity contribution in [2.45, 2.75) is 6.10 Å². The quantitative estimate of drug-likeness (QED) is 0.707. The van der Waals surface area contributed by atoms with Crippen LogP contribution in [0, 0.1) is 0 Å². The molecule has 0 unspecified atom stereocenters. The van der Waals surface area contributed by atoms with Crippen LogP contribution < -0.4 is 5.32 Å². The molecule has 0 saturated carbocycles. The molecule has 0 amide bonds. The maximum absolute atomic E-state index is 9.63. The summed E-state index contributed by atoms with van der Waals surface area (Å²) in [5.41, 5.74) is 1.47. The van der Waals surface area contributed by atoms with E-state index in [0.717, 1.165) is 5.56 Å². The summed E-state index contributed by atoms with van der Waals surface area (Å²) in [6, 6.07) is 9.43. The molecule has 0 heterocycles. The van der Waals surface area contributed by atoms with Crippen LogP contribution in [-0.4, -0.2) is 12.2 Å². The standard InChI is InChI=1S/C10H13NO/c1-8(11-2)10(12)9-6-4-3-5-7-9/h3-7,10-12H,1H2,2H3/t10-/m1/s1. The van der Waals surface area contributed by atoms with E-state index in [1.54, 1.807) is 7.05 Å². The summed E-state index contributed by atoms with van der Waals surface area (Å²) in [5, 5.41) is 12.4. The van der Waals surface area contributed by atoms with Gasteiger partial charge in [0.05, 0.1) is 0 Å². The van der Waals surface area contributed by atoms with Crippen LogP contribution in [0.3, 0.4) is 0 Å². The highest BCUT2D eigenvalue weighted by Gasteiger charge is 2.08. The van der Waals surface area contributed by atoms with Crippen LogP contribution in [0.15, 0.2) is 42.6 Å². The fourth-order valence-electron chi connectivity index (χ4n) is 0.973. The minimum absolute atomic E-state index is 0.612. The number of rotatable bonds is 3. The van der Waals surface area contributed by atoms with Crippen LogP contribution in [0.5, 0.6) is 0 Å². The van der Waals surface area contributed by atoms with E-state index in [1.807, 2.05) is 30.3 Å². The average molecular weight is 163 g/mol. The Labute approximate surface area is 72.5 Å². The first-order valence-corrected chi connectivity index (χ1v) is 3.85. The van der Waals surface area contributed by atoms with Crippen LogP contribution in [0.25, 0.3) is 0 Å². The smallest absolute Gasteiger partial charge is 0.118 e. The van der Waals surface area contributed by atoms with Gasteiger partial charge in [-0.25, -0.2) is 0 Å². The molecule has 0 fully saturated rings. The van der Waals surface area contributed by atoms with E-state index in [-0.39, 0.29) is 0 Å². The monoisotopic (exact) mass is 163 g/mol. The predicted molar refractivity (Wildman–Crippen MR) is 49.6 cm³/mol. The van der Waals surface area contributed by atoms with Gasteiger partial charge < -0.3 is 10.4 Å². The third-order valence-electron chi connectivity index (χ3n) is 1.77. The van der Waals surface area contributed by atoms with Crippen LogP contribution >= 0.6 is 0 Å². The second kappa shape index (κ2) is 3.93. The zero-order valence-electron chi connectivity index (χ0n) is 7.12. The van der Waals surface area contributed by atoms with Crippen molar-refractivity contribution in [3.8, 4) is 0 Å². The fraction of sp³-hybridized carbons (Fsp3) is 0.200. The van der Waals surface area contributed by atoms with Crippen molar-refractivity contribution in [3.05, 3.63) is 48.2 Å². The lowest BCUT2D eigenvalue weighted by atomic mass is 10.1. The molecule has 1 aromatic carbocycles. The van der Waals surface area contributed by atoms with Crippen LogP contribution in [0.2, 0.25) is 0 Å². The molecular formula is C10H13NO. The maximum Gasteiger partial charge on any atom is 0.118 e. The van der Waals surface area contributed by atoms with Gasteiger partial charge in [-0.15, -0.1) is 0 Å². The number of aliphatic hydroxyl groups is 1. The molecule has 2 nitrogen and oxygen atoms in total. The minimum atomic E-state index is -0.615. The summed E-state index contributed by atoms with van der Waals surface area (Å²) in [4.78, 5) is 0. The van der Waals surface area contributed by atoms with Gasteiger partial charge >= 0.3 is 0 Å². The molecule has 64 valence electrons. The largest absolute Gasteiger partial charge is 0.389 e. The molecule has 0 radical (unpaired) electrons. The molecule has 0 saturated heterocycles. The van der Waals surface area contributed by atoms with E-state index in [9.17, 15) is 5.11 Å². The maximum atomic E-state index is 9.63. The second-order valence-corrected chi connectivity index (χ2v) is 2.59. The number of likely N-dealkylation sites (N-methyl/N-ethyl adjacent to an activating group) is 1. The number of nitrogens with one attached hydrogen (secondary N) is 1. The number of hydrogen-bond donors (Lipinski definition) is 2. The highest BCUT2D eigenvalue weighted by Crippen LogP contribution is 2.16. The third-order valence-corrected chi connectivity index (χ3v) is 1.77. The van der Waals surface area contributed by atoms with E-state index < -0.39 is 6.10 Å². The number of benzene rings is 1. The lowest BCUT2D eigenvalue weighted by Gasteiger charge is -2.12. The summed E-state index contributed by atoms with van der Waals surface area (Å²) in [5.74, 6) is 0. The van der Waals surface area contributed by atoms with Crippen molar-refractivity contribution in [2.75, 3.05) is 7.05 Å². The molecule has 0 aliphatic rings. The number of hydrogen-bond acceptors (Lipinski definition) is 2. The molecule has 2 N–H and O–H groups in total. The zero-order chi connectivity index (χ0) is 8.97. The Morgan fingerprint density at radius 1 is 1.42 bits per heavy atom. The van der Waals surface area contributed by atoms with Gasteiger partial charge in [-0.1, -0.05) is 36.9 Å². The zero-order valence-corrected chi connectivity index (χ0v) is 7.12. The summed E-state index contributed by atoms with van der Waals surface area (Å²) < 4.78 is 0. The van der Waals surface area contributed by atoms with Gasteiger partial charge in [0.2, 0.25) is 0 Å². The van der Waals surface area contributed by atoms with Crippen molar-refractivity contribution in [1.29, 1.82) is 0 Å². The van der Waals surface area contributed by atoms with Crippen molar-refractivity contribution >= 4 is 0 Å². The van der Waals surface area contributed by atoms with E-state index in [4.69, 9.17) is 0 Å². The first-order chi connectivity index (χ1) is 5.75. The summed E-state index contributed by atoms with van der Waals surface area (Å²) >= 11 is 0. The molecule has 0 aliphatic carbocycles. The lowest BCUT2D eigenvalue weighted by Crippen LogP contribution is -2.12. The number of aliphatic hydroxyl groups excluding tert-OH is 1. The van der Waals surface area contributed by atoms with Crippen molar-refractivity contribution in [3.63, 3.8) is 0 Å². The molecule has 0 aliphatic heterocycles. The van der Waals surface area contributed by atoms with E-state index in [0.29, 0.717) is 5.70 Å². The summed E-state index contributed by atoms with van der Waals surface area (Å²) in [7, 11) is 1.74. The Hall–Kier alpha value is -1.28. The average Bonchev–Trinajstić information content (AvgIpc) is 2.17. The van der Waals surface area contributed by atoms with Gasteiger partial charge in [-0.3, -0.25) is 0 Å². The normalized spacial score (nSPS) is 12.2. The van der Waals surface area contributed by atoms with Gasteiger partial charge in [-0.2, -0.15) is 0 Å². The molecule has 0 spiro atoms. The van der Waals surface area contributed by atoms with Gasteiger partial charge in [0.15, 0.2) is 0 Å². The Balaban J connectivity index is 2.78. The molecule has 1 atom stereocenters. The Kier molecular flexibility index (Phi) is 2.88. The second-order valence-electron chi connectivity index (χ2n) is 2.59. The Morgan fingerprint density at radius 3 is 2.50 bits per heavy atom. The molecule has 1 rings (SSSR count). The lowest BCUT2D eigenvalue weighted by molar-refractivity contribution is 0.209. The van der Waals surface area contributed by atoms with Crippen molar-refractivity contribution in [1.82, 2.24) is 5.32 Å². The van der Waals surface area contributed by atoms with Crippen LogP contribution in [0.1, 0.15) is 11.7 Å². The van der Waals surface area contributed by atoms with E-state index in [1.165, 1.54) is 0 Å². The topological polar surface area (TPSA) is 32.3 Å².